The Hall–Kier alpha value is -3.41. The third-order valence-corrected chi connectivity index (χ3v) is 6.27. The minimum absolute atomic E-state index is 0.0548. The van der Waals surface area contributed by atoms with Crippen LogP contribution in [0, 0.1) is 5.41 Å². The number of aromatic amines is 1. The molecule has 0 spiro atoms. The van der Waals surface area contributed by atoms with E-state index < -0.39 is 11.3 Å². The smallest absolute Gasteiger partial charge is 0.269 e. The molecule has 3 aliphatic carbocycles. The molecule has 140 valence electrons. The summed E-state index contributed by atoms with van der Waals surface area (Å²) in [7, 11) is 0. The van der Waals surface area contributed by atoms with E-state index in [4.69, 9.17) is 5.73 Å². The van der Waals surface area contributed by atoms with Crippen molar-refractivity contribution in [1.29, 1.82) is 0 Å². The Morgan fingerprint density at radius 3 is 2.21 bits per heavy atom. The molecule has 0 radical (unpaired) electrons. The number of H-pyrrole nitrogens is 1. The van der Waals surface area contributed by atoms with Crippen LogP contribution >= 0.6 is 0 Å². The monoisotopic (exact) mass is 372 g/mol. The fourth-order valence-electron chi connectivity index (χ4n) is 5.02. The molecule has 0 saturated heterocycles. The third kappa shape index (κ3) is 2.17. The number of primary amides is 1. The van der Waals surface area contributed by atoms with E-state index in [9.17, 15) is 9.59 Å². The van der Waals surface area contributed by atoms with Gasteiger partial charge in [0.15, 0.2) is 5.82 Å². The van der Waals surface area contributed by atoms with Crippen molar-refractivity contribution in [1.82, 2.24) is 9.97 Å². The fourth-order valence-corrected chi connectivity index (χ4v) is 5.02. The van der Waals surface area contributed by atoms with Crippen molar-refractivity contribution < 1.29 is 9.59 Å². The van der Waals surface area contributed by atoms with Crippen LogP contribution in [0.1, 0.15) is 57.9 Å². The van der Waals surface area contributed by atoms with Crippen molar-refractivity contribution in [3.63, 3.8) is 0 Å². The van der Waals surface area contributed by atoms with Gasteiger partial charge >= 0.3 is 0 Å². The van der Waals surface area contributed by atoms with E-state index in [2.05, 4.69) is 51.7 Å². The summed E-state index contributed by atoms with van der Waals surface area (Å²) in [5.41, 5.74) is 9.82. The summed E-state index contributed by atoms with van der Waals surface area (Å²) in [6.45, 7) is 2.00. The molecular formula is C22H20N4O2. The van der Waals surface area contributed by atoms with Crippen molar-refractivity contribution in [3.05, 3.63) is 82.8 Å². The van der Waals surface area contributed by atoms with Gasteiger partial charge < -0.3 is 16.0 Å². The molecule has 2 bridgehead atoms. The lowest BCUT2D eigenvalue weighted by molar-refractivity contribution is -0.126. The number of nitrogens with one attached hydrogen (secondary N) is 2. The minimum atomic E-state index is -0.665. The Balaban J connectivity index is 1.60. The molecule has 0 fully saturated rings. The number of aromatic nitrogens is 2. The van der Waals surface area contributed by atoms with E-state index in [0.717, 1.165) is 0 Å². The number of nitrogens with two attached hydrogens (primary N) is 1. The topological polar surface area (TPSA) is 101 Å². The third-order valence-electron chi connectivity index (χ3n) is 6.27. The van der Waals surface area contributed by atoms with Crippen LogP contribution in [0.5, 0.6) is 0 Å². The zero-order valence-electron chi connectivity index (χ0n) is 15.4. The molecular weight excluding hydrogens is 352 g/mol. The number of nitrogens with zero attached hydrogens (tertiary/aromatic N) is 1. The van der Waals surface area contributed by atoms with E-state index in [1.807, 2.05) is 19.1 Å². The maximum absolute atomic E-state index is 13.5. The Morgan fingerprint density at radius 1 is 1.07 bits per heavy atom. The average molecular weight is 372 g/mol. The number of benzene rings is 2. The van der Waals surface area contributed by atoms with Gasteiger partial charge in [-0.3, -0.25) is 9.59 Å². The first-order chi connectivity index (χ1) is 13.5. The van der Waals surface area contributed by atoms with E-state index in [0.29, 0.717) is 6.42 Å². The van der Waals surface area contributed by atoms with E-state index in [-0.39, 0.29) is 29.3 Å². The van der Waals surface area contributed by atoms with E-state index >= 15 is 0 Å². The number of carbonyl (C=O) groups is 2. The SMILES string of the molecule is CC1(C(=O)Nc2nc[nH]c2C(N)=O)CC2c3ccccc3C1c1ccccc12. The van der Waals surface area contributed by atoms with Crippen LogP contribution in [0.15, 0.2) is 54.9 Å². The number of hydrogen-bond acceptors (Lipinski definition) is 3. The standard InChI is InChI=1S/C22H20N4O2/c1-22(21(28)26-20-18(19(23)27)24-11-25-20)10-16-12-6-2-4-8-14(12)17(22)15-9-5-3-7-13(15)16/h2-9,11,16-17H,10H2,1H3,(H2,23,27)(H,24,25)(H,26,28). The highest BCUT2D eigenvalue weighted by atomic mass is 16.2. The number of carbonyl (C=O) groups excluding carboxylic acids is 2. The summed E-state index contributed by atoms with van der Waals surface area (Å²) in [4.78, 5) is 31.8. The molecule has 1 heterocycles. The summed E-state index contributed by atoms with van der Waals surface area (Å²) >= 11 is 0. The number of hydrogen-bond donors (Lipinski definition) is 3. The lowest BCUT2D eigenvalue weighted by atomic mass is 9.52. The van der Waals surface area contributed by atoms with Crippen LogP contribution in [-0.4, -0.2) is 21.8 Å². The first-order valence-corrected chi connectivity index (χ1v) is 9.33. The van der Waals surface area contributed by atoms with Gasteiger partial charge in [0.2, 0.25) is 5.91 Å². The highest BCUT2D eigenvalue weighted by Crippen LogP contribution is 2.61. The zero-order valence-corrected chi connectivity index (χ0v) is 15.4. The normalized spacial score (nSPS) is 24.3. The molecule has 2 aromatic carbocycles. The van der Waals surface area contributed by atoms with Crippen molar-refractivity contribution >= 4 is 17.6 Å². The molecule has 28 heavy (non-hydrogen) atoms. The molecule has 1 aromatic heterocycles. The van der Waals surface area contributed by atoms with E-state index in [1.54, 1.807) is 0 Å². The predicted octanol–water partition coefficient (Wildman–Crippen LogP) is 3.13. The summed E-state index contributed by atoms with van der Waals surface area (Å²) in [6.07, 6.45) is 2.06. The molecule has 0 aliphatic heterocycles. The molecule has 3 aromatic rings. The van der Waals surface area contributed by atoms with Gasteiger partial charge in [-0.2, -0.15) is 0 Å². The molecule has 4 N–H and O–H groups in total. The van der Waals surface area contributed by atoms with Crippen molar-refractivity contribution in [2.45, 2.75) is 25.2 Å². The molecule has 6 nitrogen and oxygen atoms in total. The summed E-state index contributed by atoms with van der Waals surface area (Å²) < 4.78 is 0. The zero-order chi connectivity index (χ0) is 19.5. The van der Waals surface area contributed by atoms with Crippen LogP contribution in [0.4, 0.5) is 5.82 Å². The second kappa shape index (κ2) is 5.79. The van der Waals surface area contributed by atoms with Crippen LogP contribution in [0.3, 0.4) is 0 Å². The van der Waals surface area contributed by atoms with Crippen LogP contribution < -0.4 is 11.1 Å². The van der Waals surface area contributed by atoms with Gasteiger partial charge in [0.1, 0.15) is 5.69 Å². The highest BCUT2D eigenvalue weighted by molar-refractivity contribution is 6.02. The van der Waals surface area contributed by atoms with Crippen LogP contribution in [0.2, 0.25) is 0 Å². The maximum Gasteiger partial charge on any atom is 0.269 e. The summed E-state index contributed by atoms with van der Waals surface area (Å²) in [5, 5.41) is 2.85. The fraction of sp³-hybridized carbons (Fsp3) is 0.227. The molecule has 2 amide bonds. The molecule has 0 saturated carbocycles. The molecule has 1 atom stereocenters. The number of imidazole rings is 1. The first kappa shape index (κ1) is 16.7. The van der Waals surface area contributed by atoms with Gasteiger partial charge in [-0.1, -0.05) is 48.5 Å². The van der Waals surface area contributed by atoms with Gasteiger partial charge in [-0.25, -0.2) is 4.98 Å². The first-order valence-electron chi connectivity index (χ1n) is 9.33. The van der Waals surface area contributed by atoms with Gasteiger partial charge in [0, 0.05) is 11.8 Å². The van der Waals surface area contributed by atoms with Crippen LogP contribution in [0.25, 0.3) is 0 Å². The van der Waals surface area contributed by atoms with Crippen molar-refractivity contribution in [3.8, 4) is 0 Å². The van der Waals surface area contributed by atoms with Crippen molar-refractivity contribution in [2.75, 3.05) is 5.32 Å². The van der Waals surface area contributed by atoms with Gasteiger partial charge in [0.05, 0.1) is 11.7 Å². The Kier molecular flexibility index (Phi) is 3.46. The molecule has 1 unspecified atom stereocenters. The molecule has 6 rings (SSSR count). The number of rotatable bonds is 3. The maximum atomic E-state index is 13.5. The average Bonchev–Trinajstić information content (AvgIpc) is 3.16. The molecule has 3 aliphatic rings. The minimum Gasteiger partial charge on any atom is -0.364 e. The van der Waals surface area contributed by atoms with Gasteiger partial charge in [-0.15, -0.1) is 0 Å². The highest BCUT2D eigenvalue weighted by Gasteiger charge is 2.54. The second-order valence-corrected chi connectivity index (χ2v) is 7.81. The lowest BCUT2D eigenvalue weighted by Crippen LogP contribution is -2.47. The van der Waals surface area contributed by atoms with Gasteiger partial charge in [-0.05, 0) is 35.6 Å². The number of fused-ring (bicyclic) bond motifs is 1. The van der Waals surface area contributed by atoms with E-state index in [1.165, 1.54) is 28.6 Å². The largest absolute Gasteiger partial charge is 0.364 e. The second-order valence-electron chi connectivity index (χ2n) is 7.81. The Labute approximate surface area is 162 Å². The summed E-state index contributed by atoms with van der Waals surface area (Å²) in [5.74, 6) is -0.509. The Bertz CT molecular complexity index is 1070. The van der Waals surface area contributed by atoms with Crippen molar-refractivity contribution in [2.24, 2.45) is 11.1 Å². The number of amides is 2. The van der Waals surface area contributed by atoms with Crippen LogP contribution in [-0.2, 0) is 4.79 Å². The molecule has 6 heteroatoms. The lowest BCUT2D eigenvalue weighted by Gasteiger charge is -2.50. The van der Waals surface area contributed by atoms with Gasteiger partial charge in [0.25, 0.3) is 5.91 Å². The predicted molar refractivity (Wildman–Crippen MR) is 105 cm³/mol. The summed E-state index contributed by atoms with van der Waals surface area (Å²) in [6, 6.07) is 16.7. The number of anilines is 1. The quantitative estimate of drug-likeness (QED) is 0.658. The Morgan fingerprint density at radius 2 is 1.64 bits per heavy atom.